The van der Waals surface area contributed by atoms with Crippen molar-refractivity contribution in [1.29, 1.82) is 0 Å². The first-order valence-corrected chi connectivity index (χ1v) is 31.6. The van der Waals surface area contributed by atoms with E-state index < -0.39 is 88.6 Å². The van der Waals surface area contributed by atoms with Gasteiger partial charge in [0.2, 0.25) is 58.3 Å². The monoisotopic (exact) mass is 1500 g/mol. The third-order valence-corrected chi connectivity index (χ3v) is 16.6. The highest BCUT2D eigenvalue weighted by Crippen LogP contribution is 2.41. The summed E-state index contributed by atoms with van der Waals surface area (Å²) >= 11 is 1.92. The van der Waals surface area contributed by atoms with Crippen molar-refractivity contribution in [3.63, 3.8) is 0 Å². The summed E-state index contributed by atoms with van der Waals surface area (Å²) in [5, 5.41) is 8.55. The van der Waals surface area contributed by atoms with E-state index in [0.717, 1.165) is 55.0 Å². The minimum absolute atomic E-state index is 0.0303. The van der Waals surface area contributed by atoms with Crippen molar-refractivity contribution in [2.24, 2.45) is 11.8 Å². The van der Waals surface area contributed by atoms with Gasteiger partial charge in [-0.05, 0) is 147 Å². The Balaban J connectivity index is 0.000000159. The maximum absolute atomic E-state index is 14.9. The second-order valence-electron chi connectivity index (χ2n) is 23.1. The van der Waals surface area contributed by atoms with Gasteiger partial charge in [0.25, 0.3) is 0 Å². The molecule has 13 rings (SSSR count). The Morgan fingerprint density at radius 3 is 1.27 bits per heavy atom. The first kappa shape index (κ1) is 70.7. The lowest BCUT2D eigenvalue weighted by Crippen LogP contribution is -2.48. The van der Waals surface area contributed by atoms with Crippen LogP contribution in [0.2, 0.25) is 0 Å². The van der Waals surface area contributed by atoms with E-state index in [-0.39, 0.29) is 82.2 Å². The summed E-state index contributed by atoms with van der Waals surface area (Å²) in [5.74, 6) is -13.9. The summed E-state index contributed by atoms with van der Waals surface area (Å²) in [4.78, 5) is 58.7. The number of hydrogen-bond donors (Lipinski definition) is 0. The molecule has 1 saturated heterocycles. The highest BCUT2D eigenvalue weighted by Gasteiger charge is 2.35. The van der Waals surface area contributed by atoms with Crippen molar-refractivity contribution in [3.05, 3.63) is 182 Å². The number of fused-ring (bicyclic) bond motifs is 2. The number of rotatable bonds is 20. The predicted molar refractivity (Wildman–Crippen MR) is 350 cm³/mol. The lowest BCUT2D eigenvalue weighted by Gasteiger charge is -2.22. The maximum Gasteiger partial charge on any atom is 0.636 e. The number of halogens is 9. The van der Waals surface area contributed by atoms with Crippen LogP contribution >= 0.6 is 22.6 Å². The molecule has 21 nitrogen and oxygen atoms in total. The van der Waals surface area contributed by atoms with Crippen molar-refractivity contribution < 1.29 is 102 Å². The molecule has 2 aliphatic carbocycles. The zero-order chi connectivity index (χ0) is 71.4. The number of aromatic nitrogens is 6. The Morgan fingerprint density at radius 1 is 0.490 bits per heavy atom. The highest BCUT2D eigenvalue weighted by molar-refractivity contribution is 14.1. The summed E-state index contributed by atoms with van der Waals surface area (Å²) in [7, 11) is 5.36. The Bertz CT molecular complexity index is 4830. The molecule has 4 aromatic heterocycles. The van der Waals surface area contributed by atoms with Gasteiger partial charge in [-0.2, -0.15) is 35.1 Å². The smallest absolute Gasteiger partial charge is 0.494 e. The number of methoxy groups -OCH3 is 4. The number of aryl methyl sites for hydroxylation is 2. The summed E-state index contributed by atoms with van der Waals surface area (Å²) in [6.07, 6.45) is 8.38. The van der Waals surface area contributed by atoms with E-state index >= 15 is 0 Å². The molecule has 0 spiro atoms. The largest absolute Gasteiger partial charge is 0.636 e. The van der Waals surface area contributed by atoms with Crippen LogP contribution in [0.1, 0.15) is 70.4 Å². The normalized spacial score (nSPS) is 13.8. The van der Waals surface area contributed by atoms with E-state index in [0.29, 0.717) is 56.2 Å². The third kappa shape index (κ3) is 15.8. The second kappa shape index (κ2) is 30.3. The highest BCUT2D eigenvalue weighted by atomic mass is 127. The molecule has 0 amide bonds. The van der Waals surface area contributed by atoms with Crippen molar-refractivity contribution in [2.75, 3.05) is 48.6 Å². The fraction of sp³-hybridized carbons (Fsp3) is 0.246. The lowest BCUT2D eigenvalue weighted by molar-refractivity contribution is -0.145. The van der Waals surface area contributed by atoms with Gasteiger partial charge in [-0.15, -0.1) is 10.2 Å². The van der Waals surface area contributed by atoms with Crippen molar-refractivity contribution in [1.82, 2.24) is 34.1 Å². The summed E-state index contributed by atoms with van der Waals surface area (Å²) < 4.78 is 170. The molecule has 1 aliphatic heterocycles. The SMILES string of the molecule is COc1ccc(Oc2cc(Oc3ccc(OC)c(F)c3F)c3ncc(-c4ccc(C(=O)CC5CC5)c(C)c4)n3n2)c(F)c1F.COc1ccc(Oc2cc(Oc3ccc(OC)c(F)c3F)c3ncc(I)n3n2)c(F)c1F.Cc1cc(B2OC(=O)CN(C)CC(=O)O2)ccc1C(=O)CC1CC1. The van der Waals surface area contributed by atoms with E-state index in [9.17, 15) is 54.3 Å². The molecule has 31 heteroatoms. The molecule has 518 valence electrons. The average molecular weight is 1500 g/mol. The molecule has 6 aromatic carbocycles. The van der Waals surface area contributed by atoms with Crippen LogP contribution in [0, 0.1) is 75.9 Å². The molecule has 0 N–H and O–H groups in total. The van der Waals surface area contributed by atoms with Crippen LogP contribution in [0.5, 0.6) is 69.3 Å². The van der Waals surface area contributed by atoms with Gasteiger partial charge in [-0.1, -0.05) is 30.3 Å². The van der Waals surface area contributed by atoms with Crippen LogP contribution in [0.15, 0.2) is 109 Å². The van der Waals surface area contributed by atoms with Gasteiger partial charge in [0.1, 0.15) is 3.70 Å². The number of likely N-dealkylation sites (N-methyl/N-ethyl adjacent to an activating group) is 1. The van der Waals surface area contributed by atoms with Gasteiger partial charge >= 0.3 is 19.1 Å². The number of carbonyl (C=O) groups excluding carboxylic acids is 4. The van der Waals surface area contributed by atoms with E-state index in [1.807, 2.05) is 36.4 Å². The van der Waals surface area contributed by atoms with E-state index in [1.54, 1.807) is 43.4 Å². The van der Waals surface area contributed by atoms with Crippen LogP contribution in [-0.4, -0.2) is 113 Å². The number of imidazole rings is 2. The molecule has 0 bridgehead atoms. The Kier molecular flexibility index (Phi) is 21.4. The summed E-state index contributed by atoms with van der Waals surface area (Å²) in [6.45, 7) is 3.72. The molecule has 5 heterocycles. The van der Waals surface area contributed by atoms with Gasteiger partial charge in [-0.3, -0.25) is 24.1 Å². The Labute approximate surface area is 578 Å². The van der Waals surface area contributed by atoms with Crippen molar-refractivity contribution >= 4 is 70.0 Å². The summed E-state index contributed by atoms with van der Waals surface area (Å²) in [5.41, 5.74) is 4.66. The number of nitrogens with zero attached hydrogens (tertiary/aromatic N) is 7. The van der Waals surface area contributed by atoms with Crippen LogP contribution < -0.4 is 43.4 Å². The molecule has 0 atom stereocenters. The van der Waals surface area contributed by atoms with E-state index in [1.165, 1.54) is 97.2 Å². The first-order valence-electron chi connectivity index (χ1n) is 30.5. The zero-order valence-corrected chi connectivity index (χ0v) is 56.2. The molecule has 10 aromatic rings. The quantitative estimate of drug-likeness (QED) is 0.0299. The predicted octanol–water partition coefficient (Wildman–Crippen LogP) is 14.0. The third-order valence-electron chi connectivity index (χ3n) is 15.8. The van der Waals surface area contributed by atoms with Crippen LogP contribution in [0.3, 0.4) is 0 Å². The van der Waals surface area contributed by atoms with Gasteiger partial charge in [0.05, 0.1) is 59.6 Å². The zero-order valence-electron chi connectivity index (χ0n) is 54.0. The number of ether oxygens (including phenoxy) is 8. The van der Waals surface area contributed by atoms with Crippen LogP contribution in [0.25, 0.3) is 22.6 Å². The number of ketones is 2. The Morgan fingerprint density at radius 2 is 0.860 bits per heavy atom. The minimum Gasteiger partial charge on any atom is -0.494 e. The number of carbonyl (C=O) groups is 4. The molecule has 0 unspecified atom stereocenters. The Hall–Kier alpha value is -10.6. The topological polar surface area (TPSA) is 224 Å². The fourth-order valence-electron chi connectivity index (χ4n) is 10.4. The molecular weight excluding hydrogens is 1440 g/mol. The molecule has 2 saturated carbocycles. The summed E-state index contributed by atoms with van der Waals surface area (Å²) in [6, 6.07) is 22.2. The fourth-order valence-corrected chi connectivity index (χ4v) is 10.8. The van der Waals surface area contributed by atoms with Crippen LogP contribution in [-0.2, 0) is 18.9 Å². The van der Waals surface area contributed by atoms with Gasteiger partial charge in [0, 0.05) is 47.1 Å². The standard InChI is InChI=1S/C32H25F4N3O5.C20H12F4IN3O4.C17H20BNO5/c1-16-12-18(6-7-19(16)21(40)13-17-4-5-17)20-15-37-32-26(43-24-10-8-22(41-2)28(33)30(24)35)14-27(38-39(20)32)44-25-11-9-23(42-3)29(34)31(25)36;1-29-9-3-5-11(18(23)16(9)21)31-13-7-15(27-28-14(25)8-26-20(13)28)32-12-6-4-10(30-2)17(22)19(12)24;1-11-7-13(5-6-14(11)15(20)8-12-3-4-12)18-23-16(21)9-19(2)10-17(22)24-18/h6-12,14-15,17H,4-5,13H2,1-3H3;3-8H,1-2H3;5-7,12H,3-4,8-10H2,1-2H3. The number of benzene rings is 6. The average Bonchev–Trinajstić information content (AvgIpc) is 1.59. The second-order valence-corrected chi connectivity index (χ2v) is 24.2. The number of Topliss-reactive ketones (excluding diaryl/α,β-unsaturated/α-hetero) is 2. The molecule has 3 aliphatic rings. The molecule has 0 radical (unpaired) electrons. The van der Waals surface area contributed by atoms with Crippen molar-refractivity contribution in [2.45, 2.75) is 52.4 Å². The lowest BCUT2D eigenvalue weighted by atomic mass is 9.77. The minimum atomic E-state index is -1.33. The number of hydrogen-bond acceptors (Lipinski definition) is 19. The first-order chi connectivity index (χ1) is 47.9. The van der Waals surface area contributed by atoms with Gasteiger partial charge in [-0.25, -0.2) is 19.0 Å². The van der Waals surface area contributed by atoms with Crippen LogP contribution in [0.4, 0.5) is 35.1 Å². The van der Waals surface area contributed by atoms with Gasteiger partial charge < -0.3 is 47.2 Å². The maximum atomic E-state index is 14.9. The van der Waals surface area contributed by atoms with E-state index in [4.69, 9.17) is 47.2 Å². The van der Waals surface area contributed by atoms with E-state index in [2.05, 4.69) is 20.2 Å². The molecule has 3 fully saturated rings. The van der Waals surface area contributed by atoms with Gasteiger partial charge in [0.15, 0.2) is 80.4 Å². The van der Waals surface area contributed by atoms with Crippen molar-refractivity contribution in [3.8, 4) is 80.5 Å². The molecular formula is C69H57BF8IN7O14. The molecule has 100 heavy (non-hydrogen) atoms.